The fraction of sp³-hybridized carbons (Fsp3) is 1.00. The molecule has 0 aromatic rings. The average Bonchev–Trinajstić information content (AvgIpc) is 1.59. The lowest BCUT2D eigenvalue weighted by molar-refractivity contribution is -0.0136. The highest BCUT2D eigenvalue weighted by molar-refractivity contribution is 9.09. The SMILES string of the molecule is BrCC1CC2(CCC2)C1. The van der Waals surface area contributed by atoms with Crippen molar-refractivity contribution in [3.63, 3.8) is 0 Å². The van der Waals surface area contributed by atoms with E-state index in [2.05, 4.69) is 15.9 Å². The van der Waals surface area contributed by atoms with Crippen LogP contribution in [0.2, 0.25) is 0 Å². The standard InChI is InChI=1S/C8H13Br/c9-6-7-4-8(5-7)2-1-3-8/h7H,1-6H2. The summed E-state index contributed by atoms with van der Waals surface area (Å²) in [5.74, 6) is 1.03. The summed E-state index contributed by atoms with van der Waals surface area (Å²) in [6.07, 6.45) is 7.64. The van der Waals surface area contributed by atoms with Gasteiger partial charge < -0.3 is 0 Å². The molecule has 1 heteroatoms. The molecule has 2 aliphatic carbocycles. The molecule has 52 valence electrons. The van der Waals surface area contributed by atoms with Crippen molar-refractivity contribution in [3.05, 3.63) is 0 Å². The van der Waals surface area contributed by atoms with Crippen molar-refractivity contribution < 1.29 is 0 Å². The molecule has 0 unspecified atom stereocenters. The maximum atomic E-state index is 3.53. The van der Waals surface area contributed by atoms with Gasteiger partial charge in [0, 0.05) is 5.33 Å². The third-order valence-corrected chi connectivity index (χ3v) is 3.99. The third-order valence-electron chi connectivity index (χ3n) is 3.08. The van der Waals surface area contributed by atoms with E-state index in [1.54, 1.807) is 0 Å². The van der Waals surface area contributed by atoms with Gasteiger partial charge in [0.1, 0.15) is 0 Å². The van der Waals surface area contributed by atoms with Crippen LogP contribution >= 0.6 is 15.9 Å². The van der Waals surface area contributed by atoms with Gasteiger partial charge in [0.25, 0.3) is 0 Å². The van der Waals surface area contributed by atoms with E-state index >= 15 is 0 Å². The van der Waals surface area contributed by atoms with Crippen LogP contribution in [0.5, 0.6) is 0 Å². The number of hydrogen-bond acceptors (Lipinski definition) is 0. The van der Waals surface area contributed by atoms with Gasteiger partial charge in [0.2, 0.25) is 0 Å². The molecule has 2 saturated carbocycles. The molecule has 0 nitrogen and oxygen atoms in total. The summed E-state index contributed by atoms with van der Waals surface area (Å²) in [5.41, 5.74) is 0.887. The summed E-state index contributed by atoms with van der Waals surface area (Å²) in [6.45, 7) is 0. The first-order chi connectivity index (χ1) is 4.35. The van der Waals surface area contributed by atoms with Gasteiger partial charge in [-0.3, -0.25) is 0 Å². The van der Waals surface area contributed by atoms with Crippen LogP contribution in [-0.4, -0.2) is 5.33 Å². The zero-order valence-electron chi connectivity index (χ0n) is 5.70. The molecule has 0 saturated heterocycles. The molecule has 0 heterocycles. The Morgan fingerprint density at radius 2 is 2.00 bits per heavy atom. The van der Waals surface area contributed by atoms with Crippen molar-refractivity contribution in [1.82, 2.24) is 0 Å². The van der Waals surface area contributed by atoms with Crippen molar-refractivity contribution in [3.8, 4) is 0 Å². The van der Waals surface area contributed by atoms with Gasteiger partial charge in [0.05, 0.1) is 0 Å². The second-order valence-corrected chi connectivity index (χ2v) is 4.43. The van der Waals surface area contributed by atoms with Crippen LogP contribution in [0.1, 0.15) is 32.1 Å². The summed E-state index contributed by atoms with van der Waals surface area (Å²) >= 11 is 3.53. The fourth-order valence-corrected chi connectivity index (χ4v) is 2.82. The Hall–Kier alpha value is 0.480. The summed E-state index contributed by atoms with van der Waals surface area (Å²) < 4.78 is 0. The van der Waals surface area contributed by atoms with Gasteiger partial charge in [-0.05, 0) is 37.0 Å². The largest absolute Gasteiger partial charge is 0.0925 e. The Balaban J connectivity index is 1.82. The second-order valence-electron chi connectivity index (χ2n) is 3.78. The van der Waals surface area contributed by atoms with E-state index in [0.29, 0.717) is 0 Å². The lowest BCUT2D eigenvalue weighted by atomic mass is 9.52. The summed E-state index contributed by atoms with van der Waals surface area (Å²) in [7, 11) is 0. The lowest BCUT2D eigenvalue weighted by Gasteiger charge is -2.54. The second kappa shape index (κ2) is 1.98. The lowest BCUT2D eigenvalue weighted by Crippen LogP contribution is -2.43. The Morgan fingerprint density at radius 1 is 1.33 bits per heavy atom. The van der Waals surface area contributed by atoms with E-state index in [1.165, 1.54) is 37.4 Å². The quantitative estimate of drug-likeness (QED) is 0.556. The van der Waals surface area contributed by atoms with Crippen molar-refractivity contribution in [2.45, 2.75) is 32.1 Å². The smallest absolute Gasteiger partial charge is 0.00600 e. The van der Waals surface area contributed by atoms with Crippen LogP contribution in [0.4, 0.5) is 0 Å². The molecule has 2 aliphatic rings. The summed E-state index contributed by atoms with van der Waals surface area (Å²) in [5, 5.41) is 1.24. The van der Waals surface area contributed by atoms with Gasteiger partial charge in [-0.1, -0.05) is 22.4 Å². The average molecular weight is 189 g/mol. The van der Waals surface area contributed by atoms with E-state index in [1.807, 2.05) is 0 Å². The Morgan fingerprint density at radius 3 is 2.33 bits per heavy atom. The molecule has 0 N–H and O–H groups in total. The zero-order valence-corrected chi connectivity index (χ0v) is 7.28. The van der Waals surface area contributed by atoms with Gasteiger partial charge in [0.15, 0.2) is 0 Å². The minimum Gasteiger partial charge on any atom is -0.0925 e. The molecule has 0 bridgehead atoms. The monoisotopic (exact) mass is 188 g/mol. The predicted octanol–water partition coefficient (Wildman–Crippen LogP) is 2.96. The maximum absolute atomic E-state index is 3.53. The number of hydrogen-bond donors (Lipinski definition) is 0. The molecular formula is C8H13Br. The first-order valence-corrected chi connectivity index (χ1v) is 5.03. The van der Waals surface area contributed by atoms with Crippen molar-refractivity contribution >= 4 is 15.9 Å². The highest BCUT2D eigenvalue weighted by Crippen LogP contribution is 2.58. The van der Waals surface area contributed by atoms with Crippen LogP contribution in [0.3, 0.4) is 0 Å². The number of rotatable bonds is 1. The topological polar surface area (TPSA) is 0 Å². The third kappa shape index (κ3) is 0.849. The highest BCUT2D eigenvalue weighted by Gasteiger charge is 2.47. The number of halogens is 1. The minimum absolute atomic E-state index is 0.887. The van der Waals surface area contributed by atoms with E-state index in [0.717, 1.165) is 11.3 Å². The molecule has 9 heavy (non-hydrogen) atoms. The molecule has 0 radical (unpaired) electrons. The first kappa shape index (κ1) is 6.21. The van der Waals surface area contributed by atoms with Crippen molar-refractivity contribution in [1.29, 1.82) is 0 Å². The van der Waals surface area contributed by atoms with E-state index in [4.69, 9.17) is 0 Å². The highest BCUT2D eigenvalue weighted by atomic mass is 79.9. The Bertz CT molecular complexity index is 108. The van der Waals surface area contributed by atoms with Gasteiger partial charge >= 0.3 is 0 Å². The van der Waals surface area contributed by atoms with Crippen LogP contribution in [0, 0.1) is 11.3 Å². The first-order valence-electron chi connectivity index (χ1n) is 3.91. The van der Waals surface area contributed by atoms with Crippen LogP contribution in [0.15, 0.2) is 0 Å². The van der Waals surface area contributed by atoms with Crippen molar-refractivity contribution in [2.75, 3.05) is 5.33 Å². The predicted molar refractivity (Wildman–Crippen MR) is 42.8 cm³/mol. The summed E-state index contributed by atoms with van der Waals surface area (Å²) in [6, 6.07) is 0. The molecule has 0 aromatic carbocycles. The molecule has 0 aromatic heterocycles. The van der Waals surface area contributed by atoms with E-state index in [-0.39, 0.29) is 0 Å². The Kier molecular flexibility index (Phi) is 1.37. The fourth-order valence-electron chi connectivity index (χ4n) is 2.36. The van der Waals surface area contributed by atoms with E-state index < -0.39 is 0 Å². The molecule has 0 atom stereocenters. The minimum atomic E-state index is 0.887. The normalized spacial score (nSPS) is 31.7. The maximum Gasteiger partial charge on any atom is 0.00600 e. The van der Waals surface area contributed by atoms with Gasteiger partial charge in [-0.15, -0.1) is 0 Å². The van der Waals surface area contributed by atoms with Crippen LogP contribution < -0.4 is 0 Å². The molecule has 0 aliphatic heterocycles. The molecule has 2 fully saturated rings. The number of alkyl halides is 1. The molecule has 2 rings (SSSR count). The molecule has 1 spiro atoms. The molecular weight excluding hydrogens is 176 g/mol. The van der Waals surface area contributed by atoms with E-state index in [9.17, 15) is 0 Å². The van der Waals surface area contributed by atoms with Gasteiger partial charge in [-0.25, -0.2) is 0 Å². The summed E-state index contributed by atoms with van der Waals surface area (Å²) in [4.78, 5) is 0. The zero-order chi connectivity index (χ0) is 6.32. The van der Waals surface area contributed by atoms with Gasteiger partial charge in [-0.2, -0.15) is 0 Å². The Labute approximate surface area is 65.1 Å². The van der Waals surface area contributed by atoms with Crippen LogP contribution in [-0.2, 0) is 0 Å². The molecule has 0 amide bonds. The van der Waals surface area contributed by atoms with Crippen molar-refractivity contribution in [2.24, 2.45) is 11.3 Å². The van der Waals surface area contributed by atoms with Crippen LogP contribution in [0.25, 0.3) is 0 Å².